The molecule has 0 spiro atoms. The number of carbonyl (C=O) groups is 3. The van der Waals surface area contributed by atoms with E-state index in [-0.39, 0.29) is 31.6 Å². The van der Waals surface area contributed by atoms with E-state index in [0.717, 1.165) is 25.7 Å². The number of likely N-dealkylation sites (N-methyl/N-ethyl adjacent to an activating group) is 1. The van der Waals surface area contributed by atoms with E-state index in [2.05, 4.69) is 0 Å². The van der Waals surface area contributed by atoms with Gasteiger partial charge in [-0.1, -0.05) is 19.3 Å². The molecule has 0 radical (unpaired) electrons. The second-order valence-corrected chi connectivity index (χ2v) is 5.30. The number of nitrogens with two attached hydrogens (primary N) is 1. The van der Waals surface area contributed by atoms with Gasteiger partial charge in [0.05, 0.1) is 19.6 Å². The van der Waals surface area contributed by atoms with Crippen molar-refractivity contribution in [2.75, 3.05) is 26.7 Å². The zero-order chi connectivity index (χ0) is 15.1. The highest BCUT2D eigenvalue weighted by atomic mass is 16.4. The Hall–Kier alpha value is -1.63. The molecule has 0 aromatic rings. The Bertz CT molecular complexity index is 351. The van der Waals surface area contributed by atoms with Crippen molar-refractivity contribution in [3.63, 3.8) is 0 Å². The molecule has 1 fully saturated rings. The molecule has 0 aliphatic heterocycles. The smallest absolute Gasteiger partial charge is 0.317 e. The summed E-state index contributed by atoms with van der Waals surface area (Å²) in [6.07, 6.45) is 5.39. The third-order valence-corrected chi connectivity index (χ3v) is 3.61. The Morgan fingerprint density at radius 1 is 1.10 bits per heavy atom. The summed E-state index contributed by atoms with van der Waals surface area (Å²) in [4.78, 5) is 36.7. The van der Waals surface area contributed by atoms with E-state index in [1.54, 1.807) is 11.9 Å². The lowest BCUT2D eigenvalue weighted by Gasteiger charge is -2.32. The van der Waals surface area contributed by atoms with E-state index in [1.807, 2.05) is 0 Å². The van der Waals surface area contributed by atoms with Crippen molar-refractivity contribution < 1.29 is 19.5 Å². The lowest BCUT2D eigenvalue weighted by atomic mass is 9.94. The molecule has 0 atom stereocenters. The van der Waals surface area contributed by atoms with Crippen LogP contribution in [0, 0.1) is 0 Å². The van der Waals surface area contributed by atoms with Crippen LogP contribution >= 0.6 is 0 Å². The molecule has 1 aliphatic carbocycles. The Balaban J connectivity index is 2.54. The van der Waals surface area contributed by atoms with Crippen molar-refractivity contribution in [2.24, 2.45) is 5.73 Å². The maximum Gasteiger partial charge on any atom is 0.317 e. The van der Waals surface area contributed by atoms with Crippen molar-refractivity contribution in [1.29, 1.82) is 0 Å². The molecule has 7 nitrogen and oxygen atoms in total. The van der Waals surface area contributed by atoms with Gasteiger partial charge in [0.15, 0.2) is 0 Å². The van der Waals surface area contributed by atoms with E-state index < -0.39 is 11.9 Å². The molecule has 1 rings (SSSR count). The van der Waals surface area contributed by atoms with Crippen molar-refractivity contribution in [2.45, 2.75) is 38.1 Å². The number of nitrogens with zero attached hydrogens (tertiary/aromatic N) is 2. The average molecular weight is 285 g/mol. The lowest BCUT2D eigenvalue weighted by molar-refractivity contribution is -0.140. The number of carbonyl (C=O) groups excluding carboxylic acids is 2. The molecule has 3 N–H and O–H groups in total. The van der Waals surface area contributed by atoms with Gasteiger partial charge in [-0.25, -0.2) is 0 Å². The predicted octanol–water partition coefficient (Wildman–Crippen LogP) is -0.351. The molecule has 114 valence electrons. The standard InChI is InChI=1S/C13H23N3O4/c1-15(10-5-3-2-4-6-10)12(18)8-16(7-11(14)17)9-13(19)20/h10H,2-9H2,1H3,(H2,14,17)(H,19,20). The maximum atomic E-state index is 12.2. The molecular formula is C13H23N3O4. The van der Waals surface area contributed by atoms with Gasteiger partial charge in [-0.3, -0.25) is 19.3 Å². The van der Waals surface area contributed by atoms with Crippen LogP contribution in [0.5, 0.6) is 0 Å². The van der Waals surface area contributed by atoms with Crippen LogP contribution in [0.2, 0.25) is 0 Å². The van der Waals surface area contributed by atoms with Crippen molar-refractivity contribution in [1.82, 2.24) is 9.80 Å². The summed E-state index contributed by atoms with van der Waals surface area (Å²) >= 11 is 0. The fraction of sp³-hybridized carbons (Fsp3) is 0.769. The first-order valence-corrected chi connectivity index (χ1v) is 6.88. The van der Waals surface area contributed by atoms with Crippen molar-refractivity contribution in [3.8, 4) is 0 Å². The van der Waals surface area contributed by atoms with Crippen LogP contribution in [-0.4, -0.2) is 65.4 Å². The summed E-state index contributed by atoms with van der Waals surface area (Å²) < 4.78 is 0. The highest BCUT2D eigenvalue weighted by Gasteiger charge is 2.24. The third kappa shape index (κ3) is 5.56. The number of rotatable bonds is 7. The van der Waals surface area contributed by atoms with Crippen molar-refractivity contribution in [3.05, 3.63) is 0 Å². The summed E-state index contributed by atoms with van der Waals surface area (Å²) in [5, 5.41) is 8.78. The second kappa shape index (κ2) is 7.84. The number of hydrogen-bond acceptors (Lipinski definition) is 4. The van der Waals surface area contributed by atoms with E-state index in [0.29, 0.717) is 0 Å². The summed E-state index contributed by atoms with van der Waals surface area (Å²) in [5.74, 6) is -1.89. The lowest BCUT2D eigenvalue weighted by Crippen LogP contribution is -2.47. The van der Waals surface area contributed by atoms with Crippen molar-refractivity contribution >= 4 is 17.8 Å². The molecule has 2 amide bonds. The minimum absolute atomic E-state index is 0.0950. The number of carboxylic acid groups (broad SMARTS) is 1. The summed E-state index contributed by atoms with van der Waals surface area (Å²) in [5.41, 5.74) is 5.07. The molecule has 0 aromatic carbocycles. The monoisotopic (exact) mass is 285 g/mol. The van der Waals surface area contributed by atoms with Crippen LogP contribution in [0.4, 0.5) is 0 Å². The van der Waals surface area contributed by atoms with Gasteiger partial charge < -0.3 is 15.7 Å². The largest absolute Gasteiger partial charge is 0.480 e. The highest BCUT2D eigenvalue weighted by Crippen LogP contribution is 2.21. The number of carboxylic acids is 1. The van der Waals surface area contributed by atoms with Crippen LogP contribution < -0.4 is 5.73 Å². The fourth-order valence-corrected chi connectivity index (χ4v) is 2.55. The Labute approximate surface area is 118 Å². The normalized spacial score (nSPS) is 16.1. The maximum absolute atomic E-state index is 12.2. The summed E-state index contributed by atoms with van der Waals surface area (Å²) in [6, 6.07) is 0.219. The van der Waals surface area contributed by atoms with Gasteiger partial charge in [0, 0.05) is 13.1 Å². The van der Waals surface area contributed by atoms with E-state index in [1.165, 1.54) is 11.3 Å². The molecule has 0 unspecified atom stereocenters. The van der Waals surface area contributed by atoms with Gasteiger partial charge in [-0.15, -0.1) is 0 Å². The minimum Gasteiger partial charge on any atom is -0.480 e. The molecule has 0 aromatic heterocycles. The van der Waals surface area contributed by atoms with Crippen LogP contribution in [0.3, 0.4) is 0 Å². The van der Waals surface area contributed by atoms with E-state index in [4.69, 9.17) is 10.8 Å². The Morgan fingerprint density at radius 3 is 2.20 bits per heavy atom. The predicted molar refractivity (Wildman–Crippen MR) is 72.9 cm³/mol. The molecule has 0 saturated heterocycles. The molecule has 1 saturated carbocycles. The number of primary amides is 1. The Morgan fingerprint density at radius 2 is 1.70 bits per heavy atom. The van der Waals surface area contributed by atoms with Gasteiger partial charge in [0.2, 0.25) is 11.8 Å². The van der Waals surface area contributed by atoms with Crippen LogP contribution in [0.1, 0.15) is 32.1 Å². The highest BCUT2D eigenvalue weighted by molar-refractivity contribution is 5.81. The zero-order valence-corrected chi connectivity index (χ0v) is 11.9. The molecular weight excluding hydrogens is 262 g/mol. The van der Waals surface area contributed by atoms with E-state index >= 15 is 0 Å². The topological polar surface area (TPSA) is 104 Å². The van der Waals surface area contributed by atoms with Crippen LogP contribution in [0.15, 0.2) is 0 Å². The molecule has 0 bridgehead atoms. The number of hydrogen-bond donors (Lipinski definition) is 2. The average Bonchev–Trinajstić information content (AvgIpc) is 2.37. The van der Waals surface area contributed by atoms with E-state index in [9.17, 15) is 14.4 Å². The summed E-state index contributed by atoms with van der Waals surface area (Å²) in [6.45, 7) is -0.689. The van der Waals surface area contributed by atoms with Gasteiger partial charge in [0.25, 0.3) is 0 Å². The van der Waals surface area contributed by atoms with Crippen LogP contribution in [0.25, 0.3) is 0 Å². The minimum atomic E-state index is -1.08. The third-order valence-electron chi connectivity index (χ3n) is 3.61. The molecule has 20 heavy (non-hydrogen) atoms. The van der Waals surface area contributed by atoms with Gasteiger partial charge in [-0.2, -0.15) is 0 Å². The second-order valence-electron chi connectivity index (χ2n) is 5.30. The first kappa shape index (κ1) is 16.4. The zero-order valence-electron chi connectivity index (χ0n) is 11.9. The molecule has 7 heteroatoms. The fourth-order valence-electron chi connectivity index (χ4n) is 2.55. The SMILES string of the molecule is CN(C(=O)CN(CC(N)=O)CC(=O)O)C1CCCCC1. The Kier molecular flexibility index (Phi) is 6.44. The number of amides is 2. The quantitative estimate of drug-likeness (QED) is 0.665. The molecule has 0 heterocycles. The molecule has 1 aliphatic rings. The van der Waals surface area contributed by atoms with Gasteiger partial charge in [0.1, 0.15) is 0 Å². The summed E-state index contributed by atoms with van der Waals surface area (Å²) in [7, 11) is 1.74. The first-order valence-electron chi connectivity index (χ1n) is 6.88. The first-order chi connectivity index (χ1) is 9.40. The number of aliphatic carboxylic acids is 1. The van der Waals surface area contributed by atoms with Gasteiger partial charge >= 0.3 is 5.97 Å². The van der Waals surface area contributed by atoms with Crippen LogP contribution in [-0.2, 0) is 14.4 Å². The van der Waals surface area contributed by atoms with Gasteiger partial charge in [-0.05, 0) is 12.8 Å².